The third kappa shape index (κ3) is 4.74. The van der Waals surface area contributed by atoms with E-state index in [1.165, 1.54) is 0 Å². The zero-order valence-electron chi connectivity index (χ0n) is 14.1. The molecule has 1 heterocycles. The van der Waals surface area contributed by atoms with Crippen molar-refractivity contribution in [2.75, 3.05) is 19.5 Å². The van der Waals surface area contributed by atoms with E-state index >= 15 is 0 Å². The van der Waals surface area contributed by atoms with E-state index in [1.807, 2.05) is 35.1 Å². The molecule has 1 aromatic carbocycles. The summed E-state index contributed by atoms with van der Waals surface area (Å²) in [6, 6.07) is 7.49. The van der Waals surface area contributed by atoms with Gasteiger partial charge in [0.1, 0.15) is 5.75 Å². The first-order valence-electron chi connectivity index (χ1n) is 7.66. The fourth-order valence-electron chi connectivity index (χ4n) is 2.28. The van der Waals surface area contributed by atoms with Crippen LogP contribution in [0.2, 0.25) is 0 Å². The van der Waals surface area contributed by atoms with Gasteiger partial charge in [-0.3, -0.25) is 4.68 Å². The van der Waals surface area contributed by atoms with Crippen molar-refractivity contribution in [2.24, 2.45) is 5.92 Å². The zero-order valence-corrected chi connectivity index (χ0v) is 14.1. The Morgan fingerprint density at radius 1 is 1.39 bits per heavy atom. The van der Waals surface area contributed by atoms with Crippen molar-refractivity contribution in [3.05, 3.63) is 42.2 Å². The molecule has 1 N–H and O–H groups in total. The van der Waals surface area contributed by atoms with E-state index in [2.05, 4.69) is 24.3 Å². The summed E-state index contributed by atoms with van der Waals surface area (Å²) in [4.78, 5) is 13.9. The molecular formula is C17H24N4O2. The first-order valence-corrected chi connectivity index (χ1v) is 7.66. The summed E-state index contributed by atoms with van der Waals surface area (Å²) in [6.45, 7) is 5.55. The van der Waals surface area contributed by atoms with Crippen LogP contribution < -0.4 is 10.1 Å². The number of anilines is 1. The first kappa shape index (κ1) is 16.9. The number of amides is 2. The number of benzene rings is 1. The number of hydrogen-bond donors (Lipinski definition) is 1. The molecule has 2 amide bonds. The minimum atomic E-state index is -0.181. The highest BCUT2D eigenvalue weighted by Crippen LogP contribution is 2.19. The summed E-state index contributed by atoms with van der Waals surface area (Å²) in [7, 11) is 3.38. The summed E-state index contributed by atoms with van der Waals surface area (Å²) < 4.78 is 7.15. The lowest BCUT2D eigenvalue weighted by molar-refractivity contribution is 0.220. The molecule has 0 aliphatic carbocycles. The van der Waals surface area contributed by atoms with E-state index in [4.69, 9.17) is 4.74 Å². The second-order valence-electron chi connectivity index (χ2n) is 5.94. The molecule has 1 aromatic heterocycles. The molecule has 6 heteroatoms. The van der Waals surface area contributed by atoms with Crippen LogP contribution in [-0.2, 0) is 13.1 Å². The van der Waals surface area contributed by atoms with Gasteiger partial charge in [0.2, 0.25) is 0 Å². The highest BCUT2D eigenvalue weighted by molar-refractivity contribution is 5.88. The molecule has 6 nitrogen and oxygen atoms in total. The van der Waals surface area contributed by atoms with Crippen molar-refractivity contribution in [1.82, 2.24) is 14.7 Å². The van der Waals surface area contributed by atoms with Crippen molar-refractivity contribution in [2.45, 2.75) is 26.9 Å². The Balaban J connectivity index is 1.96. The molecule has 0 bridgehead atoms. The number of nitrogens with one attached hydrogen (secondary N) is 1. The fourth-order valence-corrected chi connectivity index (χ4v) is 2.28. The Kier molecular flexibility index (Phi) is 5.62. The van der Waals surface area contributed by atoms with Gasteiger partial charge in [-0.15, -0.1) is 0 Å². The van der Waals surface area contributed by atoms with Crippen LogP contribution in [-0.4, -0.2) is 34.9 Å². The smallest absolute Gasteiger partial charge is 0.321 e. The van der Waals surface area contributed by atoms with Crippen molar-refractivity contribution >= 4 is 11.7 Å². The minimum absolute atomic E-state index is 0.181. The topological polar surface area (TPSA) is 59.4 Å². The largest absolute Gasteiger partial charge is 0.496 e. The number of urea groups is 1. The van der Waals surface area contributed by atoms with Crippen molar-refractivity contribution in [3.8, 4) is 5.75 Å². The number of carbonyl (C=O) groups is 1. The predicted molar refractivity (Wildman–Crippen MR) is 90.5 cm³/mol. The molecule has 0 saturated heterocycles. The van der Waals surface area contributed by atoms with Gasteiger partial charge in [-0.2, -0.15) is 5.10 Å². The number of hydrogen-bond acceptors (Lipinski definition) is 3. The van der Waals surface area contributed by atoms with Gasteiger partial charge in [0.25, 0.3) is 0 Å². The molecule has 0 unspecified atom stereocenters. The zero-order chi connectivity index (χ0) is 16.8. The van der Waals surface area contributed by atoms with Crippen LogP contribution in [0, 0.1) is 5.92 Å². The number of aromatic nitrogens is 2. The molecule has 0 radical (unpaired) electrons. The lowest BCUT2D eigenvalue weighted by atomic mass is 10.2. The summed E-state index contributed by atoms with van der Waals surface area (Å²) >= 11 is 0. The van der Waals surface area contributed by atoms with Gasteiger partial charge < -0.3 is 15.0 Å². The first-order chi connectivity index (χ1) is 11.0. The van der Waals surface area contributed by atoms with Crippen molar-refractivity contribution < 1.29 is 9.53 Å². The van der Waals surface area contributed by atoms with E-state index in [1.54, 1.807) is 25.3 Å². The summed E-state index contributed by atoms with van der Waals surface area (Å²) in [6.07, 6.45) is 3.51. The van der Waals surface area contributed by atoms with Crippen LogP contribution in [0.3, 0.4) is 0 Å². The fraction of sp³-hybridized carbons (Fsp3) is 0.412. The van der Waals surface area contributed by atoms with Gasteiger partial charge in [-0.25, -0.2) is 4.79 Å². The third-order valence-corrected chi connectivity index (χ3v) is 3.38. The Morgan fingerprint density at radius 3 is 2.83 bits per heavy atom. The lowest BCUT2D eigenvalue weighted by Crippen LogP contribution is -2.30. The molecular weight excluding hydrogens is 292 g/mol. The maximum Gasteiger partial charge on any atom is 0.321 e. The van der Waals surface area contributed by atoms with Crippen LogP contribution >= 0.6 is 0 Å². The number of para-hydroxylation sites is 1. The molecule has 124 valence electrons. The number of ether oxygens (including phenoxy) is 1. The SMILES string of the molecule is COc1ccccc1CN(C)C(=O)Nc1cnn(CC(C)C)c1. The number of rotatable bonds is 6. The molecule has 2 rings (SSSR count). The highest BCUT2D eigenvalue weighted by atomic mass is 16.5. The van der Waals surface area contributed by atoms with Crippen LogP contribution in [0.1, 0.15) is 19.4 Å². The average Bonchev–Trinajstić information content (AvgIpc) is 2.93. The van der Waals surface area contributed by atoms with Gasteiger partial charge in [0.05, 0.1) is 25.5 Å². The van der Waals surface area contributed by atoms with Crippen LogP contribution in [0.15, 0.2) is 36.7 Å². The van der Waals surface area contributed by atoms with Gasteiger partial charge in [0.15, 0.2) is 0 Å². The van der Waals surface area contributed by atoms with Crippen LogP contribution in [0.5, 0.6) is 5.75 Å². The van der Waals surface area contributed by atoms with Gasteiger partial charge in [-0.05, 0) is 12.0 Å². The molecule has 2 aromatic rings. The van der Waals surface area contributed by atoms with E-state index in [-0.39, 0.29) is 6.03 Å². The number of nitrogens with zero attached hydrogens (tertiary/aromatic N) is 3. The summed E-state index contributed by atoms with van der Waals surface area (Å²) in [5.74, 6) is 1.28. The monoisotopic (exact) mass is 316 g/mol. The Hall–Kier alpha value is -2.50. The van der Waals surface area contributed by atoms with E-state index in [9.17, 15) is 4.79 Å². The minimum Gasteiger partial charge on any atom is -0.496 e. The maximum atomic E-state index is 12.3. The number of carbonyl (C=O) groups excluding carboxylic acids is 1. The van der Waals surface area contributed by atoms with Crippen LogP contribution in [0.4, 0.5) is 10.5 Å². The molecule has 0 atom stereocenters. The second-order valence-corrected chi connectivity index (χ2v) is 5.94. The molecule has 0 fully saturated rings. The molecule has 23 heavy (non-hydrogen) atoms. The molecule has 0 spiro atoms. The molecule has 0 saturated carbocycles. The highest BCUT2D eigenvalue weighted by Gasteiger charge is 2.13. The molecule has 0 aliphatic rings. The summed E-state index contributed by atoms with van der Waals surface area (Å²) in [5.41, 5.74) is 1.66. The quantitative estimate of drug-likeness (QED) is 0.890. The van der Waals surface area contributed by atoms with Gasteiger partial charge in [0, 0.05) is 25.4 Å². The number of methoxy groups -OCH3 is 1. The molecule has 0 aliphatic heterocycles. The standard InChI is InChI=1S/C17H24N4O2/c1-13(2)10-21-12-15(9-18-21)19-17(22)20(3)11-14-7-5-6-8-16(14)23-4/h5-9,12-13H,10-11H2,1-4H3,(H,19,22). The normalized spacial score (nSPS) is 10.7. The van der Waals surface area contributed by atoms with E-state index < -0.39 is 0 Å². The Bertz CT molecular complexity index is 652. The Labute approximate surface area is 137 Å². The van der Waals surface area contributed by atoms with E-state index in [0.717, 1.165) is 17.9 Å². The predicted octanol–water partition coefficient (Wildman–Crippen LogP) is 3.21. The maximum absolute atomic E-state index is 12.3. The van der Waals surface area contributed by atoms with Gasteiger partial charge in [-0.1, -0.05) is 32.0 Å². The van der Waals surface area contributed by atoms with Gasteiger partial charge >= 0.3 is 6.03 Å². The van der Waals surface area contributed by atoms with Crippen molar-refractivity contribution in [3.63, 3.8) is 0 Å². The summed E-state index contributed by atoms with van der Waals surface area (Å²) in [5, 5.41) is 7.10. The van der Waals surface area contributed by atoms with Crippen LogP contribution in [0.25, 0.3) is 0 Å². The van der Waals surface area contributed by atoms with E-state index in [0.29, 0.717) is 18.2 Å². The average molecular weight is 316 g/mol. The second kappa shape index (κ2) is 7.67. The lowest BCUT2D eigenvalue weighted by Gasteiger charge is -2.18. The third-order valence-electron chi connectivity index (χ3n) is 3.38. The Morgan fingerprint density at radius 2 is 2.13 bits per heavy atom. The van der Waals surface area contributed by atoms with Crippen molar-refractivity contribution in [1.29, 1.82) is 0 Å².